The molecule has 0 aliphatic heterocycles. The van der Waals surface area contributed by atoms with Gasteiger partial charge in [0.15, 0.2) is 23.2 Å². The molecule has 0 heterocycles. The molecule has 1 fully saturated rings. The summed E-state index contributed by atoms with van der Waals surface area (Å²) in [5.41, 5.74) is -0.0211. The zero-order valence-corrected chi connectivity index (χ0v) is 23.0. The predicted molar refractivity (Wildman–Crippen MR) is 149 cm³/mol. The minimum absolute atomic E-state index is 0.0194. The number of aliphatic hydroxyl groups excluding tert-OH is 1. The SMILES string of the molecule is C=CCCOc1ccc(-c2ccc(OC(=O)c3ccc(C4CCC(C(O)CCC)CC4)c(F)c3F)cc2)c(F)c1F. The first-order valence-corrected chi connectivity index (χ1v) is 13.9. The molecule has 1 aliphatic rings. The third-order valence-corrected chi connectivity index (χ3v) is 7.67. The molecule has 0 saturated heterocycles. The maximum atomic E-state index is 15.0. The lowest BCUT2D eigenvalue weighted by molar-refractivity contribution is 0.0717. The van der Waals surface area contributed by atoms with Crippen LogP contribution < -0.4 is 9.47 Å². The predicted octanol–water partition coefficient (Wildman–Crippen LogP) is 8.52. The van der Waals surface area contributed by atoms with Crippen molar-refractivity contribution in [2.24, 2.45) is 5.92 Å². The molecule has 0 amide bonds. The first-order chi connectivity index (χ1) is 19.7. The summed E-state index contributed by atoms with van der Waals surface area (Å²) in [5, 5.41) is 10.3. The number of esters is 1. The lowest BCUT2D eigenvalue weighted by Crippen LogP contribution is -2.25. The standard InChI is InChI=1S/C33H34F4O4/c1-3-5-19-40-28-18-17-25(30(35)32(28)37)21-11-13-23(14-12-21)41-33(39)26-16-15-24(29(34)31(26)36)20-7-9-22(10-8-20)27(38)6-4-2/h3,11-18,20,22,27,38H,1,4-10,19H2,2H3. The Hall–Kier alpha value is -3.65. The van der Waals surface area contributed by atoms with E-state index in [0.717, 1.165) is 25.7 Å². The molecule has 8 heteroatoms. The Labute approximate surface area is 237 Å². The van der Waals surface area contributed by atoms with Gasteiger partial charge in [-0.3, -0.25) is 0 Å². The quantitative estimate of drug-likeness (QED) is 0.0826. The maximum absolute atomic E-state index is 15.0. The van der Waals surface area contributed by atoms with Gasteiger partial charge in [-0.15, -0.1) is 6.58 Å². The van der Waals surface area contributed by atoms with Crippen LogP contribution in [-0.4, -0.2) is 23.8 Å². The van der Waals surface area contributed by atoms with Gasteiger partial charge in [-0.25, -0.2) is 18.0 Å². The van der Waals surface area contributed by atoms with Gasteiger partial charge in [0.05, 0.1) is 18.3 Å². The zero-order valence-electron chi connectivity index (χ0n) is 23.0. The fourth-order valence-electron chi connectivity index (χ4n) is 5.37. The number of ether oxygens (including phenoxy) is 2. The molecule has 1 saturated carbocycles. The Kier molecular flexibility index (Phi) is 10.2. The Balaban J connectivity index is 1.42. The highest BCUT2D eigenvalue weighted by molar-refractivity contribution is 5.91. The van der Waals surface area contributed by atoms with Crippen molar-refractivity contribution < 1.29 is 36.9 Å². The van der Waals surface area contributed by atoms with E-state index in [1.54, 1.807) is 6.08 Å². The topological polar surface area (TPSA) is 55.8 Å². The highest BCUT2D eigenvalue weighted by Crippen LogP contribution is 2.39. The van der Waals surface area contributed by atoms with Crippen LogP contribution in [0.4, 0.5) is 17.6 Å². The Morgan fingerprint density at radius 3 is 2.32 bits per heavy atom. The number of rotatable bonds is 11. The van der Waals surface area contributed by atoms with E-state index >= 15 is 4.39 Å². The van der Waals surface area contributed by atoms with Crippen LogP contribution in [0.2, 0.25) is 0 Å². The van der Waals surface area contributed by atoms with Crippen molar-refractivity contribution in [2.75, 3.05) is 6.61 Å². The van der Waals surface area contributed by atoms with Crippen LogP contribution >= 0.6 is 0 Å². The lowest BCUT2D eigenvalue weighted by atomic mass is 9.76. The second kappa shape index (κ2) is 13.8. The molecule has 1 aliphatic carbocycles. The Bertz CT molecular complexity index is 1360. The fourth-order valence-corrected chi connectivity index (χ4v) is 5.37. The number of hydrogen-bond donors (Lipinski definition) is 1. The summed E-state index contributed by atoms with van der Waals surface area (Å²) in [6.07, 6.45) is 6.06. The first kappa shape index (κ1) is 30.3. The number of hydrogen-bond acceptors (Lipinski definition) is 4. The van der Waals surface area contributed by atoms with Crippen LogP contribution in [0.3, 0.4) is 0 Å². The summed E-state index contributed by atoms with van der Waals surface area (Å²) in [6.45, 7) is 5.73. The number of halogens is 4. The van der Waals surface area contributed by atoms with Crippen LogP contribution in [0, 0.1) is 29.2 Å². The van der Waals surface area contributed by atoms with E-state index in [4.69, 9.17) is 9.47 Å². The van der Waals surface area contributed by atoms with Crippen LogP contribution in [0.5, 0.6) is 11.5 Å². The molecule has 1 unspecified atom stereocenters. The molecule has 41 heavy (non-hydrogen) atoms. The molecule has 3 aromatic rings. The van der Waals surface area contributed by atoms with E-state index in [1.165, 1.54) is 48.5 Å². The number of carbonyl (C=O) groups is 1. The minimum Gasteiger partial charge on any atom is -0.490 e. The van der Waals surface area contributed by atoms with Crippen LogP contribution in [-0.2, 0) is 0 Å². The summed E-state index contributed by atoms with van der Waals surface area (Å²) >= 11 is 0. The molecule has 0 spiro atoms. The van der Waals surface area contributed by atoms with Crippen molar-refractivity contribution in [1.29, 1.82) is 0 Å². The second-order valence-electron chi connectivity index (χ2n) is 10.4. The van der Waals surface area contributed by atoms with Gasteiger partial charge in [0.1, 0.15) is 5.75 Å². The van der Waals surface area contributed by atoms with Crippen molar-refractivity contribution in [2.45, 2.75) is 63.9 Å². The third kappa shape index (κ3) is 6.99. The maximum Gasteiger partial charge on any atom is 0.346 e. The van der Waals surface area contributed by atoms with E-state index in [-0.39, 0.29) is 47.2 Å². The van der Waals surface area contributed by atoms with E-state index in [0.29, 0.717) is 24.8 Å². The molecule has 3 aromatic carbocycles. The summed E-state index contributed by atoms with van der Waals surface area (Å²) in [6, 6.07) is 10.9. The monoisotopic (exact) mass is 570 g/mol. The van der Waals surface area contributed by atoms with E-state index in [1.807, 2.05) is 6.92 Å². The largest absolute Gasteiger partial charge is 0.490 e. The first-order valence-electron chi connectivity index (χ1n) is 13.9. The number of benzene rings is 3. The molecule has 0 radical (unpaired) electrons. The minimum atomic E-state index is -1.27. The van der Waals surface area contributed by atoms with Crippen molar-refractivity contribution in [3.8, 4) is 22.6 Å². The van der Waals surface area contributed by atoms with Crippen molar-refractivity contribution in [3.05, 3.63) is 95.6 Å². The number of carbonyl (C=O) groups excluding carboxylic acids is 1. The van der Waals surface area contributed by atoms with Gasteiger partial charge >= 0.3 is 5.97 Å². The molecule has 0 bridgehead atoms. The molecule has 4 nitrogen and oxygen atoms in total. The summed E-state index contributed by atoms with van der Waals surface area (Å²) in [5.74, 6) is -5.84. The third-order valence-electron chi connectivity index (χ3n) is 7.67. The van der Waals surface area contributed by atoms with Gasteiger partial charge in [-0.05, 0) is 91.8 Å². The van der Waals surface area contributed by atoms with Crippen LogP contribution in [0.25, 0.3) is 11.1 Å². The zero-order chi connectivity index (χ0) is 29.5. The highest BCUT2D eigenvalue weighted by Gasteiger charge is 2.30. The van der Waals surface area contributed by atoms with E-state index in [2.05, 4.69) is 6.58 Å². The molecule has 218 valence electrons. The highest BCUT2D eigenvalue weighted by atomic mass is 19.2. The van der Waals surface area contributed by atoms with Gasteiger partial charge in [0.25, 0.3) is 0 Å². The van der Waals surface area contributed by atoms with Crippen molar-refractivity contribution in [1.82, 2.24) is 0 Å². The average molecular weight is 571 g/mol. The molecule has 1 atom stereocenters. The van der Waals surface area contributed by atoms with Crippen LogP contribution in [0.15, 0.2) is 61.2 Å². The molecular formula is C33H34F4O4. The smallest absolute Gasteiger partial charge is 0.346 e. The van der Waals surface area contributed by atoms with Crippen molar-refractivity contribution >= 4 is 5.97 Å². The lowest BCUT2D eigenvalue weighted by Gasteiger charge is -2.32. The Morgan fingerprint density at radius 2 is 1.66 bits per heavy atom. The van der Waals surface area contributed by atoms with Crippen molar-refractivity contribution in [3.63, 3.8) is 0 Å². The van der Waals surface area contributed by atoms with Gasteiger partial charge in [-0.2, -0.15) is 4.39 Å². The van der Waals surface area contributed by atoms with E-state index in [9.17, 15) is 23.1 Å². The molecule has 4 rings (SSSR count). The van der Waals surface area contributed by atoms with Gasteiger partial charge in [-0.1, -0.05) is 37.6 Å². The Morgan fingerprint density at radius 1 is 0.951 bits per heavy atom. The second-order valence-corrected chi connectivity index (χ2v) is 10.4. The van der Waals surface area contributed by atoms with Gasteiger partial charge in [0.2, 0.25) is 5.82 Å². The fraction of sp³-hybridized carbons (Fsp3) is 0.364. The summed E-state index contributed by atoms with van der Waals surface area (Å²) < 4.78 is 69.6. The van der Waals surface area contributed by atoms with Gasteiger partial charge < -0.3 is 14.6 Å². The average Bonchev–Trinajstić information content (AvgIpc) is 2.97. The molecule has 0 aromatic heterocycles. The number of aliphatic hydroxyl groups is 1. The molecule has 1 N–H and O–H groups in total. The summed E-state index contributed by atoms with van der Waals surface area (Å²) in [7, 11) is 0. The molecular weight excluding hydrogens is 536 g/mol. The summed E-state index contributed by atoms with van der Waals surface area (Å²) in [4.78, 5) is 12.7. The van der Waals surface area contributed by atoms with Crippen LogP contribution in [0.1, 0.15) is 73.7 Å². The van der Waals surface area contributed by atoms with E-state index < -0.39 is 34.8 Å². The normalized spacial score (nSPS) is 17.6. The van der Waals surface area contributed by atoms with Gasteiger partial charge in [0, 0.05) is 5.56 Å².